The molecule has 3 aromatic heterocycles. The van der Waals surface area contributed by atoms with Gasteiger partial charge in [-0.2, -0.15) is 0 Å². The van der Waals surface area contributed by atoms with E-state index in [4.69, 9.17) is 0 Å². The van der Waals surface area contributed by atoms with Gasteiger partial charge in [0.1, 0.15) is 11.2 Å². The van der Waals surface area contributed by atoms with Crippen LogP contribution in [-0.4, -0.2) is 19.6 Å². The van der Waals surface area contributed by atoms with Crippen LogP contribution >= 0.6 is 0 Å². The first-order valence-corrected chi connectivity index (χ1v) is 6.17. The molecule has 1 N–H and O–H groups in total. The lowest BCUT2D eigenvalue weighted by Gasteiger charge is -2.16. The van der Waals surface area contributed by atoms with E-state index in [9.17, 15) is 5.11 Å². The highest BCUT2D eigenvalue weighted by Gasteiger charge is 2.17. The molecule has 0 unspecified atom stereocenters. The summed E-state index contributed by atoms with van der Waals surface area (Å²) >= 11 is 0. The molecule has 0 aliphatic carbocycles. The van der Waals surface area contributed by atoms with Gasteiger partial charge in [-0.1, -0.05) is 0 Å². The topological polar surface area (TPSA) is 50.9 Å². The molecular weight excluding hydrogens is 238 g/mol. The van der Waals surface area contributed by atoms with Gasteiger partial charge in [0.2, 0.25) is 0 Å². The van der Waals surface area contributed by atoms with Gasteiger partial charge < -0.3 is 5.11 Å². The summed E-state index contributed by atoms with van der Waals surface area (Å²) in [5.74, 6) is 0. The molecule has 0 saturated heterocycles. The van der Waals surface area contributed by atoms with E-state index >= 15 is 0 Å². The summed E-state index contributed by atoms with van der Waals surface area (Å²) in [5.41, 5.74) is 1.57. The maximum Gasteiger partial charge on any atom is 0.144 e. The highest BCUT2D eigenvalue weighted by atomic mass is 16.3. The van der Waals surface area contributed by atoms with Crippen LogP contribution < -0.4 is 0 Å². The average molecular weight is 253 g/mol. The minimum absolute atomic E-state index is 0.653. The van der Waals surface area contributed by atoms with Gasteiger partial charge in [0.25, 0.3) is 0 Å². The minimum Gasteiger partial charge on any atom is -0.384 e. The fourth-order valence-electron chi connectivity index (χ4n) is 2.07. The van der Waals surface area contributed by atoms with E-state index in [0.717, 1.165) is 16.7 Å². The van der Waals surface area contributed by atoms with Gasteiger partial charge in [-0.25, -0.2) is 4.98 Å². The van der Waals surface area contributed by atoms with Gasteiger partial charge in [-0.3, -0.25) is 9.55 Å². The maximum atomic E-state index is 9.90. The molecule has 0 spiro atoms. The van der Waals surface area contributed by atoms with E-state index in [2.05, 4.69) is 9.97 Å². The fourth-order valence-corrected chi connectivity index (χ4v) is 2.07. The summed E-state index contributed by atoms with van der Waals surface area (Å²) in [4.78, 5) is 8.69. The second kappa shape index (κ2) is 4.17. The molecule has 96 valence electrons. The first kappa shape index (κ1) is 11.9. The molecule has 0 aliphatic heterocycles. The van der Waals surface area contributed by atoms with Crippen LogP contribution in [-0.2, 0) is 5.60 Å². The number of pyridine rings is 2. The van der Waals surface area contributed by atoms with Crippen LogP contribution in [0.1, 0.15) is 19.5 Å². The van der Waals surface area contributed by atoms with E-state index in [0.29, 0.717) is 5.69 Å². The zero-order valence-electron chi connectivity index (χ0n) is 10.9. The molecule has 0 atom stereocenters. The van der Waals surface area contributed by atoms with E-state index in [1.165, 1.54) is 0 Å². The van der Waals surface area contributed by atoms with E-state index < -0.39 is 5.60 Å². The van der Waals surface area contributed by atoms with Crippen LogP contribution in [0.2, 0.25) is 0 Å². The predicted octanol–water partition coefficient (Wildman–Crippen LogP) is 2.65. The van der Waals surface area contributed by atoms with Crippen molar-refractivity contribution in [1.82, 2.24) is 14.5 Å². The number of rotatable bonds is 2. The molecule has 19 heavy (non-hydrogen) atoms. The second-order valence-electron chi connectivity index (χ2n) is 5.06. The van der Waals surface area contributed by atoms with Gasteiger partial charge in [-0.15, -0.1) is 0 Å². The molecule has 0 bridgehead atoms. The number of aromatic nitrogens is 3. The van der Waals surface area contributed by atoms with Crippen LogP contribution in [0.25, 0.3) is 16.7 Å². The van der Waals surface area contributed by atoms with E-state index in [1.807, 2.05) is 41.1 Å². The lowest BCUT2D eigenvalue weighted by atomic mass is 10.1. The number of fused-ring (bicyclic) bond motifs is 1. The molecule has 0 aromatic carbocycles. The Bertz CT molecular complexity index is 708. The Hall–Kier alpha value is -2.20. The van der Waals surface area contributed by atoms with E-state index in [-0.39, 0.29) is 0 Å². The predicted molar refractivity (Wildman–Crippen MR) is 74.1 cm³/mol. The number of hydrogen-bond donors (Lipinski definition) is 1. The third-order valence-corrected chi connectivity index (χ3v) is 3.10. The van der Waals surface area contributed by atoms with Crippen molar-refractivity contribution in [2.24, 2.45) is 0 Å². The van der Waals surface area contributed by atoms with Gasteiger partial charge in [0, 0.05) is 17.8 Å². The number of nitrogens with zero attached hydrogens (tertiary/aromatic N) is 3. The molecular formula is C15H15N3O. The van der Waals surface area contributed by atoms with Crippen molar-refractivity contribution in [3.05, 3.63) is 54.6 Å². The van der Waals surface area contributed by atoms with Crippen molar-refractivity contribution in [3.8, 4) is 5.69 Å². The lowest BCUT2D eigenvalue weighted by molar-refractivity contribution is 0.0738. The van der Waals surface area contributed by atoms with Crippen LogP contribution in [0, 0.1) is 0 Å². The van der Waals surface area contributed by atoms with Crippen LogP contribution in [0.5, 0.6) is 0 Å². The van der Waals surface area contributed by atoms with Crippen LogP contribution in [0.3, 0.4) is 0 Å². The Kier molecular flexibility index (Phi) is 2.61. The highest BCUT2D eigenvalue weighted by molar-refractivity contribution is 5.77. The Morgan fingerprint density at radius 2 is 1.95 bits per heavy atom. The molecule has 0 radical (unpaired) electrons. The zero-order chi connectivity index (χ0) is 13.5. The van der Waals surface area contributed by atoms with Crippen molar-refractivity contribution in [1.29, 1.82) is 0 Å². The SMILES string of the molecule is CC(C)(O)c1ccc(-n2ccc3cccnc32)cn1. The third kappa shape index (κ3) is 2.11. The number of hydrogen-bond acceptors (Lipinski definition) is 3. The third-order valence-electron chi connectivity index (χ3n) is 3.10. The van der Waals surface area contributed by atoms with Crippen molar-refractivity contribution in [2.75, 3.05) is 0 Å². The first-order valence-electron chi connectivity index (χ1n) is 6.17. The van der Waals surface area contributed by atoms with Gasteiger partial charge >= 0.3 is 0 Å². The monoisotopic (exact) mass is 253 g/mol. The molecule has 0 saturated carbocycles. The molecule has 0 amide bonds. The van der Waals surface area contributed by atoms with E-state index in [1.54, 1.807) is 26.2 Å². The summed E-state index contributed by atoms with van der Waals surface area (Å²) in [6, 6.07) is 9.74. The molecule has 4 nitrogen and oxygen atoms in total. The highest BCUT2D eigenvalue weighted by Crippen LogP contribution is 2.21. The number of aliphatic hydroxyl groups is 1. The van der Waals surface area contributed by atoms with Gasteiger partial charge in [-0.05, 0) is 44.2 Å². The van der Waals surface area contributed by atoms with Crippen molar-refractivity contribution >= 4 is 11.0 Å². The van der Waals surface area contributed by atoms with Gasteiger partial charge in [0.05, 0.1) is 17.6 Å². The Morgan fingerprint density at radius 3 is 2.63 bits per heavy atom. The lowest BCUT2D eigenvalue weighted by Crippen LogP contribution is -2.17. The standard InChI is InChI=1S/C15H15N3O/c1-15(2,19)13-6-5-12(10-17-13)18-9-7-11-4-3-8-16-14(11)18/h3-10,19H,1-2H3. The molecule has 3 aromatic rings. The minimum atomic E-state index is -0.921. The Morgan fingerprint density at radius 1 is 1.11 bits per heavy atom. The molecule has 3 heterocycles. The smallest absolute Gasteiger partial charge is 0.144 e. The Labute approximate surface area is 111 Å². The quantitative estimate of drug-likeness (QED) is 0.764. The molecule has 0 fully saturated rings. The Balaban J connectivity index is 2.07. The normalized spacial score (nSPS) is 11.9. The molecule has 3 rings (SSSR count). The first-order chi connectivity index (χ1) is 9.05. The van der Waals surface area contributed by atoms with Crippen molar-refractivity contribution < 1.29 is 5.11 Å². The summed E-state index contributed by atoms with van der Waals surface area (Å²) in [7, 11) is 0. The second-order valence-corrected chi connectivity index (χ2v) is 5.06. The molecule has 0 aliphatic rings. The summed E-state index contributed by atoms with van der Waals surface area (Å²) in [5, 5.41) is 11.0. The maximum absolute atomic E-state index is 9.90. The zero-order valence-corrected chi connectivity index (χ0v) is 10.9. The fraction of sp³-hybridized carbons (Fsp3) is 0.200. The largest absolute Gasteiger partial charge is 0.384 e. The average Bonchev–Trinajstić information content (AvgIpc) is 2.82. The van der Waals surface area contributed by atoms with Crippen molar-refractivity contribution in [2.45, 2.75) is 19.4 Å². The van der Waals surface area contributed by atoms with Crippen LogP contribution in [0.15, 0.2) is 48.9 Å². The molecule has 4 heteroatoms. The van der Waals surface area contributed by atoms with Crippen molar-refractivity contribution in [3.63, 3.8) is 0 Å². The summed E-state index contributed by atoms with van der Waals surface area (Å²) in [6.45, 7) is 3.45. The van der Waals surface area contributed by atoms with Gasteiger partial charge in [0.15, 0.2) is 0 Å². The summed E-state index contributed by atoms with van der Waals surface area (Å²) in [6.07, 6.45) is 5.50. The summed E-state index contributed by atoms with van der Waals surface area (Å²) < 4.78 is 1.98. The van der Waals surface area contributed by atoms with Crippen LogP contribution in [0.4, 0.5) is 0 Å².